The van der Waals surface area contributed by atoms with Gasteiger partial charge in [0.2, 0.25) is 0 Å². The minimum absolute atomic E-state index is 0.305. The lowest BCUT2D eigenvalue weighted by Gasteiger charge is -2.20. The van der Waals surface area contributed by atoms with Crippen molar-refractivity contribution in [2.75, 3.05) is 18.4 Å². The van der Waals surface area contributed by atoms with Crippen molar-refractivity contribution in [3.05, 3.63) is 28.2 Å². The number of carboxylic acid groups (broad SMARTS) is 1. The predicted octanol–water partition coefficient (Wildman–Crippen LogP) is 2.95. The van der Waals surface area contributed by atoms with E-state index in [1.807, 2.05) is 19.1 Å². The van der Waals surface area contributed by atoms with E-state index in [0.29, 0.717) is 12.2 Å². The highest BCUT2D eigenvalue weighted by molar-refractivity contribution is 9.10. The second-order valence-electron chi connectivity index (χ2n) is 3.99. The Bertz CT molecular complexity index is 477. The molecule has 0 aliphatic rings. The molecule has 0 spiro atoms. The summed E-state index contributed by atoms with van der Waals surface area (Å²) in [5.41, 5.74) is 1.70. The molecule has 2 amide bonds. The summed E-state index contributed by atoms with van der Waals surface area (Å²) in [5.74, 6) is -1.02. The van der Waals surface area contributed by atoms with Gasteiger partial charge in [0.25, 0.3) is 0 Å². The Labute approximate surface area is 120 Å². The fourth-order valence-electron chi connectivity index (χ4n) is 1.66. The summed E-state index contributed by atoms with van der Waals surface area (Å²) in [6.07, 6.45) is 0.778. The molecule has 0 heterocycles. The van der Waals surface area contributed by atoms with Gasteiger partial charge in [0.1, 0.15) is 6.54 Å². The molecular weight excluding hydrogens is 312 g/mol. The number of halogens is 1. The molecule has 5 nitrogen and oxygen atoms in total. The summed E-state index contributed by atoms with van der Waals surface area (Å²) >= 11 is 3.38. The van der Waals surface area contributed by atoms with Crippen LogP contribution in [-0.2, 0) is 11.2 Å². The summed E-state index contributed by atoms with van der Waals surface area (Å²) in [6, 6.07) is 5.17. The summed E-state index contributed by atoms with van der Waals surface area (Å²) in [6.45, 7) is 3.77. The average molecular weight is 329 g/mol. The van der Waals surface area contributed by atoms with Crippen LogP contribution < -0.4 is 5.32 Å². The van der Waals surface area contributed by atoms with Crippen LogP contribution in [0.25, 0.3) is 0 Å². The summed E-state index contributed by atoms with van der Waals surface area (Å²) in [4.78, 5) is 23.9. The number of aliphatic carboxylic acids is 1. The van der Waals surface area contributed by atoms with Crippen LogP contribution in [0.2, 0.25) is 0 Å². The number of likely N-dealkylation sites (N-methyl/N-ethyl adjacent to an activating group) is 1. The molecule has 6 heteroatoms. The lowest BCUT2D eigenvalue weighted by atomic mass is 10.1. The number of carbonyl (C=O) groups is 2. The van der Waals surface area contributed by atoms with Gasteiger partial charge in [0, 0.05) is 16.7 Å². The van der Waals surface area contributed by atoms with Crippen LogP contribution in [0.3, 0.4) is 0 Å². The highest BCUT2D eigenvalue weighted by Crippen LogP contribution is 2.21. The summed E-state index contributed by atoms with van der Waals surface area (Å²) < 4.78 is 0.945. The second kappa shape index (κ2) is 7.13. The minimum atomic E-state index is -1.02. The zero-order valence-electron chi connectivity index (χ0n) is 10.9. The molecule has 0 saturated heterocycles. The number of carboxylic acids is 1. The van der Waals surface area contributed by atoms with E-state index in [2.05, 4.69) is 21.2 Å². The fraction of sp³-hybridized carbons (Fsp3) is 0.385. The number of aryl methyl sites for hydroxylation is 1. The highest BCUT2D eigenvalue weighted by Gasteiger charge is 2.15. The third kappa shape index (κ3) is 4.55. The number of rotatable bonds is 5. The van der Waals surface area contributed by atoms with Gasteiger partial charge in [-0.15, -0.1) is 0 Å². The van der Waals surface area contributed by atoms with Gasteiger partial charge in [-0.3, -0.25) is 4.79 Å². The number of benzene rings is 1. The monoisotopic (exact) mass is 328 g/mol. The number of nitrogens with zero attached hydrogens (tertiary/aromatic N) is 1. The van der Waals surface area contributed by atoms with Crippen LogP contribution in [0.4, 0.5) is 10.5 Å². The van der Waals surface area contributed by atoms with Crippen LogP contribution in [0.5, 0.6) is 0 Å². The van der Waals surface area contributed by atoms with E-state index in [1.54, 1.807) is 13.0 Å². The van der Waals surface area contributed by atoms with E-state index >= 15 is 0 Å². The van der Waals surface area contributed by atoms with E-state index in [1.165, 1.54) is 4.90 Å². The molecule has 0 aromatic heterocycles. The number of carbonyl (C=O) groups excluding carboxylic acids is 1. The van der Waals surface area contributed by atoms with Crippen LogP contribution in [0.1, 0.15) is 19.4 Å². The van der Waals surface area contributed by atoms with Gasteiger partial charge in [0.15, 0.2) is 0 Å². The van der Waals surface area contributed by atoms with Gasteiger partial charge in [-0.2, -0.15) is 0 Å². The predicted molar refractivity (Wildman–Crippen MR) is 77.4 cm³/mol. The Balaban J connectivity index is 2.83. The quantitative estimate of drug-likeness (QED) is 0.873. The van der Waals surface area contributed by atoms with Crippen molar-refractivity contribution in [2.45, 2.75) is 20.3 Å². The Hall–Kier alpha value is -1.56. The molecule has 0 unspecified atom stereocenters. The Morgan fingerprint density at radius 1 is 1.37 bits per heavy atom. The normalized spacial score (nSPS) is 10.1. The first-order valence-electron chi connectivity index (χ1n) is 6.04. The largest absolute Gasteiger partial charge is 0.480 e. The minimum Gasteiger partial charge on any atom is -0.480 e. The van der Waals surface area contributed by atoms with Crippen LogP contribution in [0, 0.1) is 0 Å². The van der Waals surface area contributed by atoms with E-state index in [4.69, 9.17) is 5.11 Å². The zero-order chi connectivity index (χ0) is 14.4. The maximum Gasteiger partial charge on any atom is 0.323 e. The second-order valence-corrected chi connectivity index (χ2v) is 4.91. The first-order chi connectivity index (χ1) is 8.97. The standard InChI is InChI=1S/C13H17BrN2O3/c1-3-9-7-10(14)5-6-11(9)15-13(19)16(4-2)8-12(17)18/h5-7H,3-4,8H2,1-2H3,(H,15,19)(H,17,18). The van der Waals surface area contributed by atoms with Crippen molar-refractivity contribution in [1.82, 2.24) is 4.90 Å². The maximum atomic E-state index is 12.0. The molecule has 0 radical (unpaired) electrons. The van der Waals surface area contributed by atoms with Gasteiger partial charge in [-0.25, -0.2) is 4.79 Å². The van der Waals surface area contributed by atoms with E-state index in [-0.39, 0.29) is 6.54 Å². The molecule has 0 aliphatic carbocycles. The molecule has 0 aliphatic heterocycles. The number of urea groups is 1. The number of anilines is 1. The summed E-state index contributed by atoms with van der Waals surface area (Å²) in [5, 5.41) is 11.5. The molecular formula is C13H17BrN2O3. The lowest BCUT2D eigenvalue weighted by molar-refractivity contribution is -0.137. The Morgan fingerprint density at radius 2 is 2.05 bits per heavy atom. The fourth-order valence-corrected chi connectivity index (χ4v) is 2.07. The van der Waals surface area contributed by atoms with Gasteiger partial charge in [0.05, 0.1) is 0 Å². The van der Waals surface area contributed by atoms with Gasteiger partial charge in [-0.05, 0) is 37.1 Å². The van der Waals surface area contributed by atoms with Crippen LogP contribution in [0.15, 0.2) is 22.7 Å². The van der Waals surface area contributed by atoms with Crippen molar-refractivity contribution >= 4 is 33.6 Å². The molecule has 1 aromatic carbocycles. The molecule has 1 aromatic rings. The van der Waals surface area contributed by atoms with E-state index in [9.17, 15) is 9.59 Å². The molecule has 0 fully saturated rings. The SMILES string of the molecule is CCc1cc(Br)ccc1NC(=O)N(CC)CC(=O)O. The molecule has 0 atom stereocenters. The van der Waals surface area contributed by atoms with Crippen LogP contribution in [-0.4, -0.2) is 35.1 Å². The number of hydrogen-bond acceptors (Lipinski definition) is 2. The molecule has 19 heavy (non-hydrogen) atoms. The number of amides is 2. The van der Waals surface area contributed by atoms with Crippen molar-refractivity contribution < 1.29 is 14.7 Å². The molecule has 1 rings (SSSR count). The molecule has 104 valence electrons. The summed E-state index contributed by atoms with van der Waals surface area (Å²) in [7, 11) is 0. The molecule has 0 saturated carbocycles. The van der Waals surface area contributed by atoms with Crippen molar-refractivity contribution in [2.24, 2.45) is 0 Å². The van der Waals surface area contributed by atoms with Gasteiger partial charge in [-0.1, -0.05) is 22.9 Å². The van der Waals surface area contributed by atoms with Crippen molar-refractivity contribution in [3.8, 4) is 0 Å². The molecule has 2 N–H and O–H groups in total. The van der Waals surface area contributed by atoms with Crippen molar-refractivity contribution in [1.29, 1.82) is 0 Å². The lowest BCUT2D eigenvalue weighted by Crippen LogP contribution is -2.38. The van der Waals surface area contributed by atoms with E-state index < -0.39 is 12.0 Å². The van der Waals surface area contributed by atoms with Gasteiger partial charge < -0.3 is 15.3 Å². The third-order valence-corrected chi connectivity index (χ3v) is 3.18. The van der Waals surface area contributed by atoms with Crippen molar-refractivity contribution in [3.63, 3.8) is 0 Å². The smallest absolute Gasteiger partial charge is 0.323 e. The highest BCUT2D eigenvalue weighted by atomic mass is 79.9. The Kier molecular flexibility index (Phi) is 5.82. The number of nitrogens with one attached hydrogen (secondary N) is 1. The first kappa shape index (κ1) is 15.5. The maximum absolute atomic E-state index is 12.0. The molecule has 0 bridgehead atoms. The number of hydrogen-bond donors (Lipinski definition) is 2. The van der Waals surface area contributed by atoms with E-state index in [0.717, 1.165) is 16.5 Å². The average Bonchev–Trinajstić information content (AvgIpc) is 2.37. The Morgan fingerprint density at radius 3 is 2.58 bits per heavy atom. The topological polar surface area (TPSA) is 69.6 Å². The third-order valence-electron chi connectivity index (χ3n) is 2.68. The zero-order valence-corrected chi connectivity index (χ0v) is 12.5. The first-order valence-corrected chi connectivity index (χ1v) is 6.83. The van der Waals surface area contributed by atoms with Gasteiger partial charge >= 0.3 is 12.0 Å². The van der Waals surface area contributed by atoms with Crippen LogP contribution >= 0.6 is 15.9 Å².